The van der Waals surface area contributed by atoms with Gasteiger partial charge in [-0.05, 0) is 55.5 Å². The van der Waals surface area contributed by atoms with E-state index in [2.05, 4.69) is 25.8 Å². The lowest BCUT2D eigenvalue weighted by molar-refractivity contribution is 0.331. The summed E-state index contributed by atoms with van der Waals surface area (Å²) >= 11 is 0. The molecule has 0 fully saturated rings. The van der Waals surface area contributed by atoms with Crippen LogP contribution in [0.2, 0.25) is 0 Å². The van der Waals surface area contributed by atoms with Gasteiger partial charge in [0.1, 0.15) is 23.9 Å². The first-order chi connectivity index (χ1) is 13.8. The van der Waals surface area contributed by atoms with Crippen molar-refractivity contribution in [2.75, 3.05) is 37.5 Å². The van der Waals surface area contributed by atoms with E-state index in [-0.39, 0.29) is 0 Å². The first kappa shape index (κ1) is 19.2. The van der Waals surface area contributed by atoms with E-state index in [1.54, 1.807) is 13.3 Å². The van der Waals surface area contributed by atoms with Crippen molar-refractivity contribution in [2.24, 2.45) is 0 Å². The van der Waals surface area contributed by atoms with Crippen LogP contribution in [0.4, 0.5) is 17.5 Å². The first-order valence-corrected chi connectivity index (χ1v) is 8.97. The largest absolute Gasteiger partial charge is 0.497 e. The van der Waals surface area contributed by atoms with E-state index in [4.69, 9.17) is 14.2 Å². The van der Waals surface area contributed by atoms with Gasteiger partial charge in [-0.2, -0.15) is 10.1 Å². The summed E-state index contributed by atoms with van der Waals surface area (Å²) in [5, 5.41) is 14.2. The zero-order valence-corrected chi connectivity index (χ0v) is 15.9. The van der Waals surface area contributed by atoms with E-state index < -0.39 is 0 Å². The standard InChI is InChI=1S/C20H23N5O3/c1-3-27-17-6-4-15(5-7-17)23-20-24-19(14-22-25-20)21-12-13-28-18-10-8-16(26-2)9-11-18/h4-11,14H,3,12-13H2,1-2H3,(H2,21,23,24,25). The van der Waals surface area contributed by atoms with E-state index in [0.717, 1.165) is 22.9 Å². The van der Waals surface area contributed by atoms with Gasteiger partial charge in [0, 0.05) is 5.69 Å². The van der Waals surface area contributed by atoms with Crippen molar-refractivity contribution in [3.05, 3.63) is 54.7 Å². The Bertz CT molecular complexity index is 856. The molecule has 0 aliphatic carbocycles. The van der Waals surface area contributed by atoms with Crippen LogP contribution in [-0.4, -0.2) is 42.0 Å². The lowest BCUT2D eigenvalue weighted by Crippen LogP contribution is -2.13. The minimum Gasteiger partial charge on any atom is -0.497 e. The summed E-state index contributed by atoms with van der Waals surface area (Å²) in [5.74, 6) is 3.41. The SMILES string of the molecule is CCOc1ccc(Nc2nncc(NCCOc3ccc(OC)cc3)n2)cc1. The summed E-state index contributed by atoms with van der Waals surface area (Å²) in [7, 11) is 1.63. The fraction of sp³-hybridized carbons (Fsp3) is 0.250. The van der Waals surface area contributed by atoms with Crippen molar-refractivity contribution in [3.63, 3.8) is 0 Å². The molecule has 0 amide bonds. The highest BCUT2D eigenvalue weighted by molar-refractivity contribution is 5.55. The van der Waals surface area contributed by atoms with Crippen LogP contribution in [0, 0.1) is 0 Å². The van der Waals surface area contributed by atoms with Crippen LogP contribution in [-0.2, 0) is 0 Å². The van der Waals surface area contributed by atoms with Crippen molar-refractivity contribution in [3.8, 4) is 17.2 Å². The van der Waals surface area contributed by atoms with Crippen molar-refractivity contribution >= 4 is 17.5 Å². The molecule has 0 saturated heterocycles. The number of ether oxygens (including phenoxy) is 3. The molecule has 0 saturated carbocycles. The molecule has 3 aromatic rings. The predicted octanol–water partition coefficient (Wildman–Crippen LogP) is 3.51. The van der Waals surface area contributed by atoms with Gasteiger partial charge in [0.25, 0.3) is 0 Å². The maximum absolute atomic E-state index is 5.67. The van der Waals surface area contributed by atoms with E-state index in [1.165, 1.54) is 0 Å². The molecule has 2 N–H and O–H groups in total. The molecule has 0 bridgehead atoms. The molecule has 0 aliphatic rings. The Morgan fingerprint density at radius 3 is 2.29 bits per heavy atom. The van der Waals surface area contributed by atoms with Gasteiger partial charge in [0.15, 0.2) is 5.82 Å². The summed E-state index contributed by atoms with van der Waals surface area (Å²) in [5.41, 5.74) is 0.852. The molecule has 0 aliphatic heterocycles. The molecule has 0 spiro atoms. The molecule has 28 heavy (non-hydrogen) atoms. The number of methoxy groups -OCH3 is 1. The number of nitrogens with one attached hydrogen (secondary N) is 2. The van der Waals surface area contributed by atoms with Gasteiger partial charge in [0.05, 0.1) is 26.5 Å². The summed E-state index contributed by atoms with van der Waals surface area (Å²) in [6.45, 7) is 3.65. The second kappa shape index (κ2) is 9.96. The van der Waals surface area contributed by atoms with Crippen LogP contribution in [0.1, 0.15) is 6.92 Å². The van der Waals surface area contributed by atoms with Gasteiger partial charge in [-0.25, -0.2) is 0 Å². The first-order valence-electron chi connectivity index (χ1n) is 8.97. The molecule has 0 radical (unpaired) electrons. The third-order valence-electron chi connectivity index (χ3n) is 3.72. The summed E-state index contributed by atoms with van der Waals surface area (Å²) in [6, 6.07) is 15.0. The lowest BCUT2D eigenvalue weighted by Gasteiger charge is -2.10. The fourth-order valence-electron chi connectivity index (χ4n) is 2.39. The quantitative estimate of drug-likeness (QED) is 0.516. The number of rotatable bonds is 10. The zero-order chi connectivity index (χ0) is 19.6. The van der Waals surface area contributed by atoms with E-state index in [0.29, 0.717) is 31.5 Å². The number of hydrogen-bond donors (Lipinski definition) is 2. The van der Waals surface area contributed by atoms with Crippen molar-refractivity contribution < 1.29 is 14.2 Å². The van der Waals surface area contributed by atoms with Gasteiger partial charge in [-0.15, -0.1) is 5.10 Å². The van der Waals surface area contributed by atoms with E-state index in [1.807, 2.05) is 55.5 Å². The molecular formula is C20H23N5O3. The molecular weight excluding hydrogens is 358 g/mol. The molecule has 8 heteroatoms. The maximum Gasteiger partial charge on any atom is 0.249 e. The highest BCUT2D eigenvalue weighted by atomic mass is 16.5. The molecule has 146 valence electrons. The molecule has 1 aromatic heterocycles. The monoisotopic (exact) mass is 381 g/mol. The molecule has 0 atom stereocenters. The predicted molar refractivity (Wildman–Crippen MR) is 108 cm³/mol. The number of aromatic nitrogens is 3. The third kappa shape index (κ3) is 5.73. The topological polar surface area (TPSA) is 90.4 Å². The third-order valence-corrected chi connectivity index (χ3v) is 3.72. The Hall–Kier alpha value is -3.55. The van der Waals surface area contributed by atoms with Crippen LogP contribution < -0.4 is 24.8 Å². The Morgan fingerprint density at radius 1 is 0.893 bits per heavy atom. The average molecular weight is 381 g/mol. The number of hydrogen-bond acceptors (Lipinski definition) is 8. The summed E-state index contributed by atoms with van der Waals surface area (Å²) < 4.78 is 16.2. The van der Waals surface area contributed by atoms with Crippen molar-refractivity contribution in [1.82, 2.24) is 15.2 Å². The Balaban J connectivity index is 1.47. The van der Waals surface area contributed by atoms with Crippen molar-refractivity contribution in [1.29, 1.82) is 0 Å². The molecule has 0 unspecified atom stereocenters. The van der Waals surface area contributed by atoms with Gasteiger partial charge in [0.2, 0.25) is 5.95 Å². The lowest BCUT2D eigenvalue weighted by atomic mass is 10.3. The number of nitrogens with zero attached hydrogens (tertiary/aromatic N) is 3. The van der Waals surface area contributed by atoms with E-state index >= 15 is 0 Å². The number of anilines is 3. The average Bonchev–Trinajstić information content (AvgIpc) is 2.74. The Labute approximate surface area is 163 Å². The zero-order valence-electron chi connectivity index (χ0n) is 15.9. The summed E-state index contributed by atoms with van der Waals surface area (Å²) in [4.78, 5) is 4.39. The molecule has 1 heterocycles. The van der Waals surface area contributed by atoms with Gasteiger partial charge in [-0.1, -0.05) is 0 Å². The highest BCUT2D eigenvalue weighted by Gasteiger charge is 2.02. The van der Waals surface area contributed by atoms with Crippen LogP contribution in [0.5, 0.6) is 17.2 Å². The van der Waals surface area contributed by atoms with E-state index in [9.17, 15) is 0 Å². The second-order valence-electron chi connectivity index (χ2n) is 5.70. The second-order valence-corrected chi connectivity index (χ2v) is 5.70. The summed E-state index contributed by atoms with van der Waals surface area (Å²) in [6.07, 6.45) is 1.57. The van der Waals surface area contributed by atoms with Gasteiger partial charge < -0.3 is 24.8 Å². The van der Waals surface area contributed by atoms with Crippen molar-refractivity contribution in [2.45, 2.75) is 6.92 Å². The highest BCUT2D eigenvalue weighted by Crippen LogP contribution is 2.19. The van der Waals surface area contributed by atoms with Gasteiger partial charge >= 0.3 is 0 Å². The van der Waals surface area contributed by atoms with Crippen LogP contribution in [0.3, 0.4) is 0 Å². The Morgan fingerprint density at radius 2 is 1.57 bits per heavy atom. The van der Waals surface area contributed by atoms with Crippen LogP contribution in [0.15, 0.2) is 54.7 Å². The number of benzene rings is 2. The maximum atomic E-state index is 5.67. The molecule has 2 aromatic carbocycles. The fourth-order valence-corrected chi connectivity index (χ4v) is 2.39. The normalized spacial score (nSPS) is 10.2. The molecule has 3 rings (SSSR count). The minimum absolute atomic E-state index is 0.408. The van der Waals surface area contributed by atoms with Crippen LogP contribution in [0.25, 0.3) is 0 Å². The van der Waals surface area contributed by atoms with Crippen LogP contribution >= 0.6 is 0 Å². The Kier molecular flexibility index (Phi) is 6.84. The van der Waals surface area contributed by atoms with Gasteiger partial charge in [-0.3, -0.25) is 0 Å². The minimum atomic E-state index is 0.408. The smallest absolute Gasteiger partial charge is 0.249 e. The molecule has 8 nitrogen and oxygen atoms in total.